The van der Waals surface area contributed by atoms with E-state index in [1.54, 1.807) is 49.0 Å². The Balaban J connectivity index is 1.15. The van der Waals surface area contributed by atoms with Crippen LogP contribution in [0, 0.1) is 45.3 Å². The summed E-state index contributed by atoms with van der Waals surface area (Å²) in [6, 6.07) is 22.5. The van der Waals surface area contributed by atoms with Crippen molar-refractivity contribution >= 4 is 58.1 Å². The first-order chi connectivity index (χ1) is 29.3. The number of rotatable bonds is 6. The molecule has 0 N–H and O–H groups in total. The highest BCUT2D eigenvalue weighted by molar-refractivity contribution is 7.14. The lowest BCUT2D eigenvalue weighted by Gasteiger charge is -2.39. The minimum atomic E-state index is -0.133. The summed E-state index contributed by atoms with van der Waals surface area (Å²) in [6.07, 6.45) is 25.8. The number of allylic oxidation sites excluding steroid dienone is 4. The van der Waals surface area contributed by atoms with Crippen LogP contribution < -0.4 is 9.47 Å². The third kappa shape index (κ3) is 5.65. The summed E-state index contributed by atoms with van der Waals surface area (Å²) in [7, 11) is 3.45. The highest BCUT2D eigenvalue weighted by Gasteiger charge is 2.51. The number of nitrogens with zero attached hydrogens (tertiary/aromatic N) is 4. The second-order valence-electron chi connectivity index (χ2n) is 17.7. The molecule has 0 atom stereocenters. The molecule has 6 aliphatic carbocycles. The summed E-state index contributed by atoms with van der Waals surface area (Å²) in [5, 5.41) is 38.2. The molecule has 60 heavy (non-hydrogen) atoms. The molecule has 4 aromatic rings. The summed E-state index contributed by atoms with van der Waals surface area (Å²) >= 11 is 3.27. The van der Waals surface area contributed by atoms with E-state index in [2.05, 4.69) is 36.4 Å². The molecule has 298 valence electrons. The number of nitriles is 4. The monoisotopic (exact) mass is 822 g/mol. The molecule has 0 unspecified atom stereocenters. The molecule has 10 rings (SSSR count). The van der Waals surface area contributed by atoms with E-state index in [0.717, 1.165) is 69.5 Å². The van der Waals surface area contributed by atoms with Gasteiger partial charge in [0, 0.05) is 26.0 Å². The quantitative estimate of drug-likeness (QED) is 0.179. The van der Waals surface area contributed by atoms with Gasteiger partial charge in [-0.1, -0.05) is 57.8 Å². The average Bonchev–Trinajstić information content (AvgIpc) is 4.09. The lowest BCUT2D eigenvalue weighted by Crippen LogP contribution is -2.30. The fraction of sp³-hybridized carbons (Fsp3) is 0.385. The lowest BCUT2D eigenvalue weighted by molar-refractivity contribution is 0.351. The highest BCUT2D eigenvalue weighted by Crippen LogP contribution is 2.65. The molecule has 0 saturated heterocycles. The van der Waals surface area contributed by atoms with E-state index < -0.39 is 0 Å². The van der Waals surface area contributed by atoms with Gasteiger partial charge in [0.25, 0.3) is 0 Å². The number of ether oxygens (including phenoxy) is 2. The number of thiophene rings is 2. The number of hydrogen-bond donors (Lipinski definition) is 0. The molecule has 0 aliphatic heterocycles. The van der Waals surface area contributed by atoms with E-state index in [1.807, 2.05) is 36.4 Å². The van der Waals surface area contributed by atoms with Crippen molar-refractivity contribution in [2.75, 3.05) is 14.2 Å². The van der Waals surface area contributed by atoms with Crippen LogP contribution in [0.4, 0.5) is 0 Å². The molecule has 3 saturated carbocycles. The molecule has 3 fully saturated rings. The fourth-order valence-electron chi connectivity index (χ4n) is 12.3. The lowest BCUT2D eigenvalue weighted by atomic mass is 9.65. The van der Waals surface area contributed by atoms with Crippen molar-refractivity contribution in [2.24, 2.45) is 0 Å². The van der Waals surface area contributed by atoms with Gasteiger partial charge in [-0.25, -0.2) is 0 Å². The third-order valence-electron chi connectivity index (χ3n) is 14.9. The van der Waals surface area contributed by atoms with E-state index in [-0.39, 0.29) is 27.4 Å². The van der Waals surface area contributed by atoms with Gasteiger partial charge in [0.1, 0.15) is 46.9 Å². The predicted octanol–water partition coefficient (Wildman–Crippen LogP) is 13.4. The standard InChI is InChI=1S/C52H46N4O2S2/c1-57-46-24-36(18-32(28-53)29-54)59-48(46)44-22-34-20-42-38(26-40(34)50(44)12-6-3-7-13-50)39-27-41-35(21-43(39)52(42)16-10-5-11-17-52)23-45(51(41)14-8-4-9-15-51)49-47(58-2)25-37(60-49)19-33(30-55)31-56/h18-27H,3-17H2,1-2H3. The van der Waals surface area contributed by atoms with Crippen molar-refractivity contribution < 1.29 is 9.47 Å². The fourth-order valence-corrected chi connectivity index (χ4v) is 14.6. The molecule has 0 radical (unpaired) electrons. The van der Waals surface area contributed by atoms with Crippen molar-refractivity contribution in [3.05, 3.63) is 100 Å². The normalized spacial score (nSPS) is 19.4. The van der Waals surface area contributed by atoms with Gasteiger partial charge in [-0.15, -0.1) is 22.7 Å². The second kappa shape index (κ2) is 14.8. The minimum absolute atomic E-state index is 0.0349. The molecule has 6 aliphatic rings. The van der Waals surface area contributed by atoms with Crippen LogP contribution in [-0.4, -0.2) is 14.2 Å². The van der Waals surface area contributed by atoms with Gasteiger partial charge < -0.3 is 9.47 Å². The first kappa shape index (κ1) is 38.6. The van der Waals surface area contributed by atoms with Crippen LogP contribution in [0.5, 0.6) is 11.5 Å². The Morgan fingerprint density at radius 1 is 0.500 bits per heavy atom. The maximum absolute atomic E-state index is 9.55. The topological polar surface area (TPSA) is 114 Å². The van der Waals surface area contributed by atoms with Gasteiger partial charge in [-0.2, -0.15) is 21.0 Å². The van der Waals surface area contributed by atoms with Crippen molar-refractivity contribution in [2.45, 2.75) is 113 Å². The number of fused-ring (bicyclic) bond motifs is 9. The smallest absolute Gasteiger partial charge is 0.137 e. The van der Waals surface area contributed by atoms with Crippen LogP contribution in [0.1, 0.15) is 149 Å². The van der Waals surface area contributed by atoms with E-state index in [0.29, 0.717) is 0 Å². The first-order valence-electron chi connectivity index (χ1n) is 21.6. The van der Waals surface area contributed by atoms with Gasteiger partial charge in [0.05, 0.1) is 24.0 Å². The average molecular weight is 823 g/mol. The zero-order valence-electron chi connectivity index (χ0n) is 34.3. The Kier molecular flexibility index (Phi) is 9.52. The summed E-state index contributed by atoms with van der Waals surface area (Å²) in [5.41, 5.74) is 14.0. The SMILES string of the molecule is COc1cc(C=C(C#N)C#N)sc1C1=Cc2cc3c(cc2C12CCCCC2)-c1cc2c(cc1C31CCCCC1)C=C(c1sc(C=C(C#N)C#N)cc1OC)C21CCCCC1. The van der Waals surface area contributed by atoms with Gasteiger partial charge >= 0.3 is 0 Å². The molecular weight excluding hydrogens is 777 g/mol. The molecule has 6 nitrogen and oxygen atoms in total. The largest absolute Gasteiger partial charge is 0.495 e. The molecule has 2 heterocycles. The molecule has 2 aromatic heterocycles. The molecule has 0 bridgehead atoms. The number of benzene rings is 2. The Labute approximate surface area is 361 Å². The van der Waals surface area contributed by atoms with Crippen molar-refractivity contribution in [3.8, 4) is 46.9 Å². The first-order valence-corrected chi connectivity index (χ1v) is 23.2. The molecule has 0 amide bonds. The Morgan fingerprint density at radius 3 is 1.22 bits per heavy atom. The van der Waals surface area contributed by atoms with E-state index in [9.17, 15) is 21.0 Å². The Bertz CT molecular complexity index is 2560. The van der Waals surface area contributed by atoms with E-state index in [4.69, 9.17) is 9.47 Å². The molecule has 3 spiro atoms. The zero-order chi connectivity index (χ0) is 41.2. The molecule has 8 heteroatoms. The van der Waals surface area contributed by atoms with Crippen molar-refractivity contribution in [1.29, 1.82) is 21.0 Å². The van der Waals surface area contributed by atoms with Crippen LogP contribution in [0.15, 0.2) is 47.5 Å². The maximum atomic E-state index is 9.55. The van der Waals surface area contributed by atoms with Gasteiger partial charge in [0.2, 0.25) is 0 Å². The van der Waals surface area contributed by atoms with Crippen LogP contribution >= 0.6 is 22.7 Å². The summed E-state index contributed by atoms with van der Waals surface area (Å²) in [5.74, 6) is 1.62. The zero-order valence-corrected chi connectivity index (χ0v) is 35.9. The van der Waals surface area contributed by atoms with Crippen LogP contribution in [0.25, 0.3) is 46.6 Å². The van der Waals surface area contributed by atoms with Gasteiger partial charge in [-0.05, 0) is 155 Å². The second-order valence-corrected chi connectivity index (χ2v) is 19.8. The molecular formula is C52H46N4O2S2. The Hall–Kier alpha value is -5.64. The van der Waals surface area contributed by atoms with Crippen LogP contribution in [0.3, 0.4) is 0 Å². The highest BCUT2D eigenvalue weighted by atomic mass is 32.1. The Morgan fingerprint density at radius 2 is 0.867 bits per heavy atom. The van der Waals surface area contributed by atoms with E-state index >= 15 is 0 Å². The van der Waals surface area contributed by atoms with E-state index in [1.165, 1.54) is 113 Å². The predicted molar refractivity (Wildman–Crippen MR) is 241 cm³/mol. The number of hydrogen-bond acceptors (Lipinski definition) is 8. The van der Waals surface area contributed by atoms with Crippen molar-refractivity contribution in [1.82, 2.24) is 0 Å². The number of methoxy groups -OCH3 is 2. The van der Waals surface area contributed by atoms with Gasteiger partial charge in [0.15, 0.2) is 0 Å². The summed E-state index contributed by atoms with van der Waals surface area (Å²) in [4.78, 5) is 3.95. The maximum Gasteiger partial charge on any atom is 0.137 e. The van der Waals surface area contributed by atoms with Crippen molar-refractivity contribution in [3.63, 3.8) is 0 Å². The minimum Gasteiger partial charge on any atom is -0.495 e. The van der Waals surface area contributed by atoms with Crippen LogP contribution in [0.2, 0.25) is 0 Å². The summed E-state index contributed by atoms with van der Waals surface area (Å²) in [6.45, 7) is 0. The summed E-state index contributed by atoms with van der Waals surface area (Å²) < 4.78 is 12.1. The third-order valence-corrected chi connectivity index (χ3v) is 17.1. The van der Waals surface area contributed by atoms with Gasteiger partial charge in [-0.3, -0.25) is 0 Å². The molecule has 2 aromatic carbocycles. The van der Waals surface area contributed by atoms with Crippen LogP contribution in [-0.2, 0) is 16.2 Å².